The summed E-state index contributed by atoms with van der Waals surface area (Å²) < 4.78 is 10.8. The maximum atomic E-state index is 12.2. The summed E-state index contributed by atoms with van der Waals surface area (Å²) in [6.07, 6.45) is 1.19. The van der Waals surface area contributed by atoms with Crippen molar-refractivity contribution >= 4 is 17.7 Å². The van der Waals surface area contributed by atoms with Crippen LogP contribution in [0.3, 0.4) is 0 Å². The molecule has 2 aromatic rings. The second kappa shape index (κ2) is 10.4. The van der Waals surface area contributed by atoms with Crippen LogP contribution < -0.4 is 15.4 Å². The van der Waals surface area contributed by atoms with Gasteiger partial charge in [-0.1, -0.05) is 18.2 Å². The SMILES string of the molecule is CCOC(=O)N1CCC(NC(=O)CNc2ccc(Oc3ccccc3)cc2)CC1. The molecule has 29 heavy (non-hydrogen) atoms. The molecule has 0 aromatic heterocycles. The molecule has 2 amide bonds. The minimum Gasteiger partial charge on any atom is -0.457 e. The molecule has 7 nitrogen and oxygen atoms in total. The number of para-hydroxylation sites is 1. The van der Waals surface area contributed by atoms with Crippen molar-refractivity contribution in [3.8, 4) is 11.5 Å². The highest BCUT2D eigenvalue weighted by Crippen LogP contribution is 2.22. The summed E-state index contributed by atoms with van der Waals surface area (Å²) in [6.45, 7) is 3.55. The molecule has 1 aliphatic heterocycles. The average Bonchev–Trinajstić information content (AvgIpc) is 2.75. The van der Waals surface area contributed by atoms with E-state index in [1.165, 1.54) is 0 Å². The molecule has 1 fully saturated rings. The van der Waals surface area contributed by atoms with Gasteiger partial charge in [-0.15, -0.1) is 0 Å². The highest BCUT2D eigenvalue weighted by molar-refractivity contribution is 5.81. The number of anilines is 1. The van der Waals surface area contributed by atoms with Crippen LogP contribution in [0.4, 0.5) is 10.5 Å². The number of carbonyl (C=O) groups is 2. The Kier molecular flexibility index (Phi) is 7.33. The molecule has 3 rings (SSSR count). The van der Waals surface area contributed by atoms with Crippen molar-refractivity contribution in [3.63, 3.8) is 0 Å². The van der Waals surface area contributed by atoms with Gasteiger partial charge in [-0.25, -0.2) is 4.79 Å². The molecular formula is C22H27N3O4. The zero-order valence-corrected chi connectivity index (χ0v) is 16.6. The van der Waals surface area contributed by atoms with Crippen molar-refractivity contribution in [2.24, 2.45) is 0 Å². The molecule has 0 saturated carbocycles. The van der Waals surface area contributed by atoms with Gasteiger partial charge in [-0.05, 0) is 56.2 Å². The van der Waals surface area contributed by atoms with Crippen LogP contribution in [0.5, 0.6) is 11.5 Å². The summed E-state index contributed by atoms with van der Waals surface area (Å²) in [7, 11) is 0. The molecule has 0 radical (unpaired) electrons. The van der Waals surface area contributed by atoms with Crippen molar-refractivity contribution in [1.29, 1.82) is 0 Å². The van der Waals surface area contributed by atoms with Crippen molar-refractivity contribution in [1.82, 2.24) is 10.2 Å². The van der Waals surface area contributed by atoms with Crippen LogP contribution in [-0.2, 0) is 9.53 Å². The lowest BCUT2D eigenvalue weighted by Crippen LogP contribution is -2.47. The molecule has 0 bridgehead atoms. The first kappa shape index (κ1) is 20.5. The van der Waals surface area contributed by atoms with E-state index < -0.39 is 0 Å². The summed E-state index contributed by atoms with van der Waals surface area (Å²) in [5.41, 5.74) is 0.845. The smallest absolute Gasteiger partial charge is 0.409 e. The Morgan fingerprint density at radius 2 is 1.66 bits per heavy atom. The maximum Gasteiger partial charge on any atom is 0.409 e. The fourth-order valence-electron chi connectivity index (χ4n) is 3.15. The Labute approximate surface area is 171 Å². The standard InChI is InChI=1S/C22H27N3O4/c1-2-28-22(27)25-14-12-18(13-15-25)24-21(26)16-23-17-8-10-20(11-9-17)29-19-6-4-3-5-7-19/h3-11,18,23H,2,12-16H2,1H3,(H,24,26). The summed E-state index contributed by atoms with van der Waals surface area (Å²) >= 11 is 0. The Morgan fingerprint density at radius 1 is 1.00 bits per heavy atom. The minimum absolute atomic E-state index is 0.0656. The largest absolute Gasteiger partial charge is 0.457 e. The Bertz CT molecular complexity index is 787. The van der Waals surface area contributed by atoms with Gasteiger partial charge in [0.15, 0.2) is 0 Å². The van der Waals surface area contributed by atoms with Crippen LogP contribution in [0.1, 0.15) is 19.8 Å². The van der Waals surface area contributed by atoms with Gasteiger partial charge in [-0.3, -0.25) is 4.79 Å². The molecule has 2 aromatic carbocycles. The topological polar surface area (TPSA) is 79.9 Å². The lowest BCUT2D eigenvalue weighted by atomic mass is 10.1. The van der Waals surface area contributed by atoms with Crippen LogP contribution in [0.2, 0.25) is 0 Å². The second-order valence-corrected chi connectivity index (χ2v) is 6.82. The molecule has 1 saturated heterocycles. The van der Waals surface area contributed by atoms with Crippen molar-refractivity contribution in [2.45, 2.75) is 25.8 Å². The van der Waals surface area contributed by atoms with Crippen LogP contribution >= 0.6 is 0 Å². The van der Waals surface area contributed by atoms with E-state index in [-0.39, 0.29) is 24.6 Å². The number of likely N-dealkylation sites (tertiary alicyclic amines) is 1. The first-order valence-corrected chi connectivity index (χ1v) is 9.92. The van der Waals surface area contributed by atoms with E-state index in [0.29, 0.717) is 19.7 Å². The van der Waals surface area contributed by atoms with E-state index in [0.717, 1.165) is 30.0 Å². The second-order valence-electron chi connectivity index (χ2n) is 6.82. The third-order valence-corrected chi connectivity index (χ3v) is 4.67. The molecule has 154 valence electrons. The van der Waals surface area contributed by atoms with E-state index in [4.69, 9.17) is 9.47 Å². The third kappa shape index (κ3) is 6.41. The Hall–Kier alpha value is -3.22. The number of nitrogens with one attached hydrogen (secondary N) is 2. The van der Waals surface area contributed by atoms with Gasteiger partial charge >= 0.3 is 6.09 Å². The summed E-state index contributed by atoms with van der Waals surface area (Å²) in [6, 6.07) is 17.1. The van der Waals surface area contributed by atoms with Gasteiger partial charge in [0.05, 0.1) is 13.2 Å². The van der Waals surface area contributed by atoms with Crippen molar-refractivity contribution in [3.05, 3.63) is 54.6 Å². The molecule has 2 N–H and O–H groups in total. The fraction of sp³-hybridized carbons (Fsp3) is 0.364. The Morgan fingerprint density at radius 3 is 2.31 bits per heavy atom. The van der Waals surface area contributed by atoms with Gasteiger partial charge in [0, 0.05) is 24.8 Å². The number of carbonyl (C=O) groups excluding carboxylic acids is 2. The van der Waals surface area contributed by atoms with Crippen LogP contribution in [0.15, 0.2) is 54.6 Å². The minimum atomic E-state index is -0.279. The number of hydrogen-bond acceptors (Lipinski definition) is 5. The number of amides is 2. The van der Waals surface area contributed by atoms with E-state index >= 15 is 0 Å². The van der Waals surface area contributed by atoms with Crippen molar-refractivity contribution in [2.75, 3.05) is 31.6 Å². The molecule has 0 atom stereocenters. The normalized spacial score (nSPS) is 14.2. The fourth-order valence-corrected chi connectivity index (χ4v) is 3.15. The molecule has 0 spiro atoms. The van der Waals surface area contributed by atoms with Gasteiger partial charge < -0.3 is 25.0 Å². The van der Waals surface area contributed by atoms with E-state index in [1.807, 2.05) is 54.6 Å². The van der Waals surface area contributed by atoms with E-state index in [1.54, 1.807) is 11.8 Å². The zero-order valence-electron chi connectivity index (χ0n) is 16.6. The summed E-state index contributed by atoms with van der Waals surface area (Å²) in [5, 5.41) is 6.14. The molecule has 0 unspecified atom stereocenters. The average molecular weight is 397 g/mol. The number of piperidine rings is 1. The summed E-state index contributed by atoms with van der Waals surface area (Å²) in [5.74, 6) is 1.45. The van der Waals surface area contributed by atoms with Crippen LogP contribution in [0, 0.1) is 0 Å². The molecule has 1 aliphatic rings. The lowest BCUT2D eigenvalue weighted by molar-refractivity contribution is -0.120. The molecule has 1 heterocycles. The Balaban J connectivity index is 1.38. The third-order valence-electron chi connectivity index (χ3n) is 4.67. The van der Waals surface area contributed by atoms with Crippen LogP contribution in [0.25, 0.3) is 0 Å². The molecule has 7 heteroatoms. The number of rotatable bonds is 7. The highest BCUT2D eigenvalue weighted by atomic mass is 16.6. The van der Waals surface area contributed by atoms with E-state index in [9.17, 15) is 9.59 Å². The first-order valence-electron chi connectivity index (χ1n) is 9.92. The zero-order chi connectivity index (χ0) is 20.5. The number of benzene rings is 2. The van der Waals surface area contributed by atoms with E-state index in [2.05, 4.69) is 10.6 Å². The molecule has 0 aliphatic carbocycles. The number of hydrogen-bond donors (Lipinski definition) is 2. The number of ether oxygens (including phenoxy) is 2. The number of nitrogens with zero attached hydrogens (tertiary/aromatic N) is 1. The predicted octanol–water partition coefficient (Wildman–Crippen LogP) is 3.63. The monoisotopic (exact) mass is 397 g/mol. The summed E-state index contributed by atoms with van der Waals surface area (Å²) in [4.78, 5) is 25.6. The maximum absolute atomic E-state index is 12.2. The quantitative estimate of drug-likeness (QED) is 0.746. The van der Waals surface area contributed by atoms with Gasteiger partial charge in [0.2, 0.25) is 5.91 Å². The van der Waals surface area contributed by atoms with Crippen molar-refractivity contribution < 1.29 is 19.1 Å². The molecular weight excluding hydrogens is 370 g/mol. The van der Waals surface area contributed by atoms with Gasteiger partial charge in [0.1, 0.15) is 11.5 Å². The van der Waals surface area contributed by atoms with Gasteiger partial charge in [-0.2, -0.15) is 0 Å². The van der Waals surface area contributed by atoms with Gasteiger partial charge in [0.25, 0.3) is 0 Å². The highest BCUT2D eigenvalue weighted by Gasteiger charge is 2.24. The lowest BCUT2D eigenvalue weighted by Gasteiger charge is -2.31. The van der Waals surface area contributed by atoms with Crippen LogP contribution in [-0.4, -0.2) is 49.2 Å². The predicted molar refractivity (Wildman–Crippen MR) is 111 cm³/mol. The first-order chi connectivity index (χ1) is 14.1.